The van der Waals surface area contributed by atoms with Crippen molar-refractivity contribution >= 4 is 34.8 Å². The lowest BCUT2D eigenvalue weighted by atomic mass is 10.2. The summed E-state index contributed by atoms with van der Waals surface area (Å²) in [7, 11) is 3.91. The first-order chi connectivity index (χ1) is 13.8. The van der Waals surface area contributed by atoms with E-state index in [1.165, 1.54) is 6.92 Å². The maximum atomic E-state index is 12.1. The van der Waals surface area contributed by atoms with E-state index in [9.17, 15) is 14.4 Å². The lowest BCUT2D eigenvalue weighted by Gasteiger charge is -2.11. The zero-order valence-electron chi connectivity index (χ0n) is 16.4. The normalized spacial score (nSPS) is 11.7. The highest BCUT2D eigenvalue weighted by molar-refractivity contribution is 5.97. The monoisotopic (exact) mass is 397 g/mol. The average molecular weight is 397 g/mol. The van der Waals surface area contributed by atoms with E-state index < -0.39 is 23.8 Å². The van der Waals surface area contributed by atoms with Crippen molar-refractivity contribution in [3.05, 3.63) is 54.1 Å². The molecule has 9 nitrogen and oxygen atoms in total. The highest BCUT2D eigenvalue weighted by atomic mass is 16.4. The molecule has 152 valence electrons. The number of anilines is 1. The van der Waals surface area contributed by atoms with Crippen molar-refractivity contribution in [3.8, 4) is 0 Å². The third kappa shape index (κ3) is 6.73. The Morgan fingerprint density at radius 1 is 0.966 bits per heavy atom. The van der Waals surface area contributed by atoms with Crippen LogP contribution < -0.4 is 15.5 Å². The smallest absolute Gasteiger partial charge is 0.325 e. The van der Waals surface area contributed by atoms with E-state index in [0.717, 1.165) is 5.69 Å². The van der Waals surface area contributed by atoms with Gasteiger partial charge in [-0.2, -0.15) is 10.2 Å². The molecule has 2 aromatic rings. The van der Waals surface area contributed by atoms with Crippen LogP contribution in [-0.2, 0) is 9.59 Å². The molecule has 1 atom stereocenters. The predicted molar refractivity (Wildman–Crippen MR) is 109 cm³/mol. The summed E-state index contributed by atoms with van der Waals surface area (Å²) in [6.45, 7) is 1.02. The standard InChI is InChI=1S/C20H23N5O4/c1-13(20(28)29)22-18(26)12-21-19(27)14-4-6-15(7-5-14)23-24-16-8-10-17(11-9-16)25(2)3/h4-11,13H,12H2,1-3H3,(H,21,27)(H,22,26)(H,28,29). The van der Waals surface area contributed by atoms with Crippen LogP contribution in [0.3, 0.4) is 0 Å². The molecule has 0 aromatic heterocycles. The summed E-state index contributed by atoms with van der Waals surface area (Å²) in [4.78, 5) is 36.4. The Hall–Kier alpha value is -3.75. The summed E-state index contributed by atoms with van der Waals surface area (Å²) in [5, 5.41) is 21.7. The summed E-state index contributed by atoms with van der Waals surface area (Å²) in [6, 6.07) is 13.0. The number of nitrogens with zero attached hydrogens (tertiary/aromatic N) is 3. The first-order valence-electron chi connectivity index (χ1n) is 8.86. The van der Waals surface area contributed by atoms with Crippen molar-refractivity contribution < 1.29 is 19.5 Å². The first kappa shape index (κ1) is 21.5. The highest BCUT2D eigenvalue weighted by Gasteiger charge is 2.14. The van der Waals surface area contributed by atoms with Crippen LogP contribution in [0.4, 0.5) is 17.1 Å². The van der Waals surface area contributed by atoms with Gasteiger partial charge in [0.1, 0.15) is 6.04 Å². The number of hydrogen-bond donors (Lipinski definition) is 3. The Balaban J connectivity index is 1.89. The third-order valence-electron chi connectivity index (χ3n) is 3.93. The van der Waals surface area contributed by atoms with Gasteiger partial charge in [0.15, 0.2) is 0 Å². The van der Waals surface area contributed by atoms with Gasteiger partial charge in [0.05, 0.1) is 17.9 Å². The quantitative estimate of drug-likeness (QED) is 0.591. The van der Waals surface area contributed by atoms with Crippen LogP contribution in [0.5, 0.6) is 0 Å². The number of benzene rings is 2. The van der Waals surface area contributed by atoms with Crippen molar-refractivity contribution in [2.45, 2.75) is 13.0 Å². The molecule has 2 rings (SSSR count). The summed E-state index contributed by atoms with van der Waals surface area (Å²) < 4.78 is 0. The number of carbonyl (C=O) groups is 3. The van der Waals surface area contributed by atoms with Crippen LogP contribution >= 0.6 is 0 Å². The minimum Gasteiger partial charge on any atom is -0.480 e. The van der Waals surface area contributed by atoms with Crippen LogP contribution in [0.1, 0.15) is 17.3 Å². The lowest BCUT2D eigenvalue weighted by Crippen LogP contribution is -2.43. The number of carbonyl (C=O) groups excluding carboxylic acids is 2. The molecule has 2 aromatic carbocycles. The first-order valence-corrected chi connectivity index (χ1v) is 8.86. The minimum atomic E-state index is -1.15. The highest BCUT2D eigenvalue weighted by Crippen LogP contribution is 2.21. The molecular formula is C20H23N5O4. The molecule has 0 heterocycles. The fourth-order valence-corrected chi connectivity index (χ4v) is 2.23. The fourth-order valence-electron chi connectivity index (χ4n) is 2.23. The van der Waals surface area contributed by atoms with E-state index in [-0.39, 0.29) is 6.54 Å². The van der Waals surface area contributed by atoms with E-state index in [1.807, 2.05) is 43.3 Å². The lowest BCUT2D eigenvalue weighted by molar-refractivity contribution is -0.141. The molecule has 2 amide bonds. The van der Waals surface area contributed by atoms with E-state index >= 15 is 0 Å². The van der Waals surface area contributed by atoms with Crippen molar-refractivity contribution in [1.82, 2.24) is 10.6 Å². The number of rotatable bonds is 8. The summed E-state index contributed by atoms with van der Waals surface area (Å²) >= 11 is 0. The topological polar surface area (TPSA) is 123 Å². The molecule has 9 heteroatoms. The van der Waals surface area contributed by atoms with Gasteiger partial charge in [0.2, 0.25) is 5.91 Å². The number of amides is 2. The Morgan fingerprint density at radius 3 is 1.97 bits per heavy atom. The predicted octanol–water partition coefficient (Wildman–Crippen LogP) is 2.49. The second-order valence-corrected chi connectivity index (χ2v) is 6.47. The number of nitrogens with one attached hydrogen (secondary N) is 2. The third-order valence-corrected chi connectivity index (χ3v) is 3.93. The van der Waals surface area contributed by atoms with Crippen LogP contribution in [0, 0.1) is 0 Å². The van der Waals surface area contributed by atoms with Gasteiger partial charge in [-0.05, 0) is 55.5 Å². The van der Waals surface area contributed by atoms with E-state index in [0.29, 0.717) is 16.9 Å². The second kappa shape index (κ2) is 9.98. The Bertz CT molecular complexity index is 892. The van der Waals surface area contributed by atoms with E-state index in [4.69, 9.17) is 5.11 Å². The zero-order chi connectivity index (χ0) is 21.4. The van der Waals surface area contributed by atoms with Crippen LogP contribution in [0.15, 0.2) is 58.8 Å². The molecule has 29 heavy (non-hydrogen) atoms. The molecular weight excluding hydrogens is 374 g/mol. The number of aliphatic carboxylic acids is 1. The molecule has 3 N–H and O–H groups in total. The van der Waals surface area contributed by atoms with Gasteiger partial charge in [0, 0.05) is 25.3 Å². The van der Waals surface area contributed by atoms with Crippen molar-refractivity contribution in [2.24, 2.45) is 10.2 Å². The molecule has 0 aliphatic heterocycles. The van der Waals surface area contributed by atoms with Gasteiger partial charge in [-0.15, -0.1) is 0 Å². The van der Waals surface area contributed by atoms with Gasteiger partial charge in [-0.3, -0.25) is 14.4 Å². The molecule has 0 saturated carbocycles. The Labute approximate surface area is 168 Å². The molecule has 0 bridgehead atoms. The summed E-state index contributed by atoms with van der Waals surface area (Å²) in [5.41, 5.74) is 2.69. The van der Waals surface area contributed by atoms with E-state index in [2.05, 4.69) is 20.9 Å². The van der Waals surface area contributed by atoms with Gasteiger partial charge >= 0.3 is 5.97 Å². The Morgan fingerprint density at radius 2 is 1.48 bits per heavy atom. The van der Waals surface area contributed by atoms with Crippen LogP contribution in [0.2, 0.25) is 0 Å². The second-order valence-electron chi connectivity index (χ2n) is 6.47. The number of azo groups is 1. The average Bonchev–Trinajstić information content (AvgIpc) is 2.71. The van der Waals surface area contributed by atoms with Gasteiger partial charge in [-0.25, -0.2) is 0 Å². The molecule has 1 unspecified atom stereocenters. The SMILES string of the molecule is CC(NC(=O)CNC(=O)c1ccc(N=Nc2ccc(N(C)C)cc2)cc1)C(=O)O. The van der Waals surface area contributed by atoms with Gasteiger partial charge in [-0.1, -0.05) is 0 Å². The Kier molecular flexibility index (Phi) is 7.41. The van der Waals surface area contributed by atoms with Crippen molar-refractivity contribution in [1.29, 1.82) is 0 Å². The minimum absolute atomic E-state index is 0.319. The summed E-state index contributed by atoms with van der Waals surface area (Å²) in [5.74, 6) is -2.19. The maximum Gasteiger partial charge on any atom is 0.325 e. The number of carboxylic acids is 1. The van der Waals surface area contributed by atoms with E-state index in [1.54, 1.807) is 24.3 Å². The molecule has 0 aliphatic rings. The van der Waals surface area contributed by atoms with Crippen molar-refractivity contribution in [2.75, 3.05) is 25.5 Å². The molecule has 0 fully saturated rings. The summed E-state index contributed by atoms with van der Waals surface area (Å²) in [6.07, 6.45) is 0. The molecule has 0 saturated heterocycles. The largest absolute Gasteiger partial charge is 0.480 e. The maximum absolute atomic E-state index is 12.1. The molecule has 0 aliphatic carbocycles. The van der Waals surface area contributed by atoms with Gasteiger partial charge in [0.25, 0.3) is 5.91 Å². The molecule has 0 spiro atoms. The fraction of sp³-hybridized carbons (Fsp3) is 0.250. The van der Waals surface area contributed by atoms with Crippen molar-refractivity contribution in [3.63, 3.8) is 0 Å². The van der Waals surface area contributed by atoms with Gasteiger partial charge < -0.3 is 20.6 Å². The van der Waals surface area contributed by atoms with Crippen LogP contribution in [-0.4, -0.2) is 49.6 Å². The molecule has 0 radical (unpaired) electrons. The number of hydrogen-bond acceptors (Lipinski definition) is 6. The zero-order valence-corrected chi connectivity index (χ0v) is 16.4. The number of carboxylic acid groups (broad SMARTS) is 1. The van der Waals surface area contributed by atoms with Crippen LogP contribution in [0.25, 0.3) is 0 Å².